The van der Waals surface area contributed by atoms with Gasteiger partial charge in [-0.3, -0.25) is 9.59 Å². The monoisotopic (exact) mass is 337 g/mol. The molecule has 3 rings (SSSR count). The number of hydrogen-bond acceptors (Lipinski definition) is 2. The van der Waals surface area contributed by atoms with Gasteiger partial charge >= 0.3 is 5.97 Å². The predicted octanol–water partition coefficient (Wildman–Crippen LogP) is 3.46. The fourth-order valence-corrected chi connectivity index (χ4v) is 3.79. The molecule has 2 atom stereocenters. The molecule has 25 heavy (non-hydrogen) atoms. The Balaban J connectivity index is 2.08. The van der Waals surface area contributed by atoms with Crippen molar-refractivity contribution in [3.8, 4) is 0 Å². The predicted molar refractivity (Wildman–Crippen MR) is 96.1 cm³/mol. The number of aliphatic carboxylic acids is 1. The Bertz CT molecular complexity index is 770. The van der Waals surface area contributed by atoms with Crippen LogP contribution in [0.2, 0.25) is 0 Å². The summed E-state index contributed by atoms with van der Waals surface area (Å²) >= 11 is 0. The SMILES string of the molecule is CC(C)[C@H]1[C@H](C(=O)O)c2ccccc2CC(=O)N1Cc1ccccc1. The van der Waals surface area contributed by atoms with Crippen LogP contribution in [-0.2, 0) is 22.6 Å². The molecule has 1 amide bonds. The van der Waals surface area contributed by atoms with E-state index in [1.807, 2.05) is 68.4 Å². The van der Waals surface area contributed by atoms with E-state index in [0.29, 0.717) is 6.54 Å². The quantitative estimate of drug-likeness (QED) is 0.929. The second-order valence-electron chi connectivity index (χ2n) is 6.93. The molecule has 0 spiro atoms. The largest absolute Gasteiger partial charge is 0.481 e. The van der Waals surface area contributed by atoms with Crippen LogP contribution in [-0.4, -0.2) is 27.9 Å². The number of amides is 1. The van der Waals surface area contributed by atoms with Gasteiger partial charge in [0, 0.05) is 6.54 Å². The molecule has 1 aliphatic heterocycles. The molecular formula is C21H23NO3. The third kappa shape index (κ3) is 3.43. The molecule has 1 N–H and O–H groups in total. The molecule has 0 unspecified atom stereocenters. The van der Waals surface area contributed by atoms with E-state index >= 15 is 0 Å². The van der Waals surface area contributed by atoms with Crippen molar-refractivity contribution in [2.45, 2.75) is 38.8 Å². The van der Waals surface area contributed by atoms with Crippen LogP contribution >= 0.6 is 0 Å². The molecule has 0 aliphatic carbocycles. The zero-order valence-corrected chi connectivity index (χ0v) is 14.6. The van der Waals surface area contributed by atoms with Crippen molar-refractivity contribution in [2.75, 3.05) is 0 Å². The van der Waals surface area contributed by atoms with E-state index in [9.17, 15) is 14.7 Å². The van der Waals surface area contributed by atoms with Crippen molar-refractivity contribution in [3.05, 3.63) is 71.3 Å². The summed E-state index contributed by atoms with van der Waals surface area (Å²) in [4.78, 5) is 26.9. The summed E-state index contributed by atoms with van der Waals surface area (Å²) in [6, 6.07) is 16.8. The van der Waals surface area contributed by atoms with Gasteiger partial charge < -0.3 is 10.0 Å². The van der Waals surface area contributed by atoms with E-state index < -0.39 is 11.9 Å². The number of carboxylic acids is 1. The Morgan fingerprint density at radius 1 is 1.12 bits per heavy atom. The molecule has 2 aromatic carbocycles. The van der Waals surface area contributed by atoms with Gasteiger partial charge in [0.2, 0.25) is 5.91 Å². The molecule has 2 aromatic rings. The van der Waals surface area contributed by atoms with E-state index in [1.165, 1.54) is 0 Å². The van der Waals surface area contributed by atoms with Crippen molar-refractivity contribution in [3.63, 3.8) is 0 Å². The number of benzene rings is 2. The van der Waals surface area contributed by atoms with Crippen LogP contribution < -0.4 is 0 Å². The van der Waals surface area contributed by atoms with Gasteiger partial charge in [0.1, 0.15) is 5.92 Å². The summed E-state index contributed by atoms with van der Waals surface area (Å²) in [5.41, 5.74) is 2.59. The van der Waals surface area contributed by atoms with Gasteiger partial charge in [-0.1, -0.05) is 68.4 Å². The Kier molecular flexibility index (Phi) is 4.88. The lowest BCUT2D eigenvalue weighted by atomic mass is 9.83. The minimum atomic E-state index is -0.876. The zero-order chi connectivity index (χ0) is 18.0. The van der Waals surface area contributed by atoms with Gasteiger partial charge in [-0.15, -0.1) is 0 Å². The van der Waals surface area contributed by atoms with Crippen LogP contribution in [0.5, 0.6) is 0 Å². The van der Waals surface area contributed by atoms with Crippen LogP contribution in [0.3, 0.4) is 0 Å². The van der Waals surface area contributed by atoms with E-state index in [-0.39, 0.29) is 24.3 Å². The maximum atomic E-state index is 13.0. The van der Waals surface area contributed by atoms with Gasteiger partial charge in [-0.25, -0.2) is 0 Å². The van der Waals surface area contributed by atoms with Crippen LogP contribution in [0.15, 0.2) is 54.6 Å². The van der Waals surface area contributed by atoms with Gasteiger partial charge in [-0.2, -0.15) is 0 Å². The smallest absolute Gasteiger partial charge is 0.313 e. The number of carbonyl (C=O) groups is 2. The Morgan fingerprint density at radius 3 is 2.40 bits per heavy atom. The highest BCUT2D eigenvalue weighted by molar-refractivity contribution is 5.85. The average Bonchev–Trinajstić information content (AvgIpc) is 2.70. The number of carboxylic acid groups (broad SMARTS) is 1. The Hall–Kier alpha value is -2.62. The molecule has 130 valence electrons. The molecule has 0 saturated carbocycles. The third-order valence-electron chi connectivity index (χ3n) is 4.90. The highest BCUT2D eigenvalue weighted by Gasteiger charge is 2.41. The van der Waals surface area contributed by atoms with E-state index in [1.54, 1.807) is 4.90 Å². The van der Waals surface area contributed by atoms with Gasteiger partial charge in [0.15, 0.2) is 0 Å². The lowest BCUT2D eigenvalue weighted by Gasteiger charge is -2.36. The first kappa shape index (κ1) is 17.2. The summed E-state index contributed by atoms with van der Waals surface area (Å²) in [5, 5.41) is 9.96. The fourth-order valence-electron chi connectivity index (χ4n) is 3.79. The van der Waals surface area contributed by atoms with Crippen LogP contribution in [0, 0.1) is 5.92 Å². The number of fused-ring (bicyclic) bond motifs is 1. The number of hydrogen-bond donors (Lipinski definition) is 1. The van der Waals surface area contributed by atoms with Crippen molar-refractivity contribution < 1.29 is 14.7 Å². The number of nitrogens with zero attached hydrogens (tertiary/aromatic N) is 1. The van der Waals surface area contributed by atoms with E-state index in [4.69, 9.17) is 0 Å². The van der Waals surface area contributed by atoms with Crippen molar-refractivity contribution >= 4 is 11.9 Å². The topological polar surface area (TPSA) is 57.6 Å². The lowest BCUT2D eigenvalue weighted by Crippen LogP contribution is -2.47. The van der Waals surface area contributed by atoms with Gasteiger partial charge in [0.05, 0.1) is 12.5 Å². The van der Waals surface area contributed by atoms with Gasteiger partial charge in [-0.05, 0) is 22.6 Å². The standard InChI is InChI=1S/C21H23NO3/c1-14(2)20-19(21(24)25)17-11-7-6-10-16(17)12-18(23)22(20)13-15-8-4-3-5-9-15/h3-11,14,19-20H,12-13H2,1-2H3,(H,24,25)/t19-,20+/m1/s1. The molecule has 0 saturated heterocycles. The highest BCUT2D eigenvalue weighted by Crippen LogP contribution is 2.35. The fraction of sp³-hybridized carbons (Fsp3) is 0.333. The third-order valence-corrected chi connectivity index (χ3v) is 4.90. The maximum Gasteiger partial charge on any atom is 0.313 e. The Morgan fingerprint density at radius 2 is 1.76 bits per heavy atom. The molecule has 0 fully saturated rings. The molecule has 1 aliphatic rings. The second-order valence-corrected chi connectivity index (χ2v) is 6.93. The number of rotatable bonds is 4. The van der Waals surface area contributed by atoms with Crippen LogP contribution in [0.1, 0.15) is 36.5 Å². The molecular weight excluding hydrogens is 314 g/mol. The first-order chi connectivity index (χ1) is 12.0. The van der Waals surface area contributed by atoms with Crippen molar-refractivity contribution in [1.29, 1.82) is 0 Å². The average molecular weight is 337 g/mol. The van der Waals surface area contributed by atoms with Gasteiger partial charge in [0.25, 0.3) is 0 Å². The molecule has 0 aromatic heterocycles. The molecule has 1 heterocycles. The normalized spacial score (nSPS) is 20.3. The summed E-state index contributed by atoms with van der Waals surface area (Å²) < 4.78 is 0. The number of carbonyl (C=O) groups excluding carboxylic acids is 1. The van der Waals surface area contributed by atoms with Crippen molar-refractivity contribution in [2.24, 2.45) is 5.92 Å². The summed E-state index contributed by atoms with van der Waals surface area (Å²) in [6.45, 7) is 4.40. The second kappa shape index (κ2) is 7.09. The van der Waals surface area contributed by atoms with Crippen molar-refractivity contribution in [1.82, 2.24) is 4.90 Å². The molecule has 4 heteroatoms. The van der Waals surface area contributed by atoms with Crippen LogP contribution in [0.4, 0.5) is 0 Å². The van der Waals surface area contributed by atoms with Crippen LogP contribution in [0.25, 0.3) is 0 Å². The summed E-state index contributed by atoms with van der Waals surface area (Å²) in [5.74, 6) is -1.58. The first-order valence-electron chi connectivity index (χ1n) is 8.63. The Labute approximate surface area is 148 Å². The molecule has 0 radical (unpaired) electrons. The van der Waals surface area contributed by atoms with E-state index in [0.717, 1.165) is 16.7 Å². The van der Waals surface area contributed by atoms with E-state index in [2.05, 4.69) is 0 Å². The minimum absolute atomic E-state index is 0.0150. The molecule has 0 bridgehead atoms. The summed E-state index contributed by atoms with van der Waals surface area (Å²) in [7, 11) is 0. The zero-order valence-electron chi connectivity index (χ0n) is 14.6. The summed E-state index contributed by atoms with van der Waals surface area (Å²) in [6.07, 6.45) is 0.246. The first-order valence-corrected chi connectivity index (χ1v) is 8.63. The lowest BCUT2D eigenvalue weighted by molar-refractivity contribution is -0.144. The maximum absolute atomic E-state index is 13.0. The molecule has 4 nitrogen and oxygen atoms in total. The highest BCUT2D eigenvalue weighted by atomic mass is 16.4. The minimum Gasteiger partial charge on any atom is -0.481 e.